The molecular formula is C13H24ClNO. The van der Waals surface area contributed by atoms with Gasteiger partial charge in [-0.3, -0.25) is 4.79 Å². The van der Waals surface area contributed by atoms with Crippen LogP contribution in [0.3, 0.4) is 0 Å². The number of hydrogen-bond acceptors (Lipinski definition) is 1. The first-order valence-electron chi connectivity index (χ1n) is 6.36. The number of carbonyl (C=O) groups is 1. The fourth-order valence-corrected chi connectivity index (χ4v) is 2.20. The number of halogens is 1. The molecule has 0 radical (unpaired) electrons. The van der Waals surface area contributed by atoms with Crippen LogP contribution in [0.5, 0.6) is 0 Å². The second kappa shape index (κ2) is 6.48. The second-order valence-electron chi connectivity index (χ2n) is 5.76. The van der Waals surface area contributed by atoms with E-state index in [1.54, 1.807) is 0 Å². The van der Waals surface area contributed by atoms with Gasteiger partial charge in [-0.15, -0.1) is 11.6 Å². The van der Waals surface area contributed by atoms with Crippen molar-refractivity contribution < 1.29 is 4.79 Å². The standard InChI is InChI=1S/C13H24ClNO/c1-13(2,9-14)10-15-12(16)8-7-11-5-3-4-6-11/h11H,3-10H2,1-2H3,(H,15,16). The molecule has 1 amide bonds. The van der Waals surface area contributed by atoms with E-state index in [1.807, 2.05) is 0 Å². The molecule has 94 valence electrons. The zero-order valence-electron chi connectivity index (χ0n) is 10.5. The minimum Gasteiger partial charge on any atom is -0.356 e. The van der Waals surface area contributed by atoms with Crippen LogP contribution in [-0.2, 0) is 4.79 Å². The molecule has 0 unspecified atom stereocenters. The Morgan fingerprint density at radius 1 is 1.38 bits per heavy atom. The van der Waals surface area contributed by atoms with Gasteiger partial charge in [0.15, 0.2) is 0 Å². The summed E-state index contributed by atoms with van der Waals surface area (Å²) in [6.07, 6.45) is 7.09. The molecule has 3 heteroatoms. The van der Waals surface area contributed by atoms with E-state index >= 15 is 0 Å². The van der Waals surface area contributed by atoms with Gasteiger partial charge >= 0.3 is 0 Å². The first kappa shape index (κ1) is 13.8. The molecule has 0 aromatic carbocycles. The van der Waals surface area contributed by atoms with Gasteiger partial charge in [-0.05, 0) is 17.8 Å². The van der Waals surface area contributed by atoms with Crippen LogP contribution >= 0.6 is 11.6 Å². The second-order valence-corrected chi connectivity index (χ2v) is 6.03. The Morgan fingerprint density at radius 2 is 2.00 bits per heavy atom. The van der Waals surface area contributed by atoms with Gasteiger partial charge in [0, 0.05) is 18.8 Å². The normalized spacial score (nSPS) is 17.7. The average molecular weight is 246 g/mol. The van der Waals surface area contributed by atoms with Gasteiger partial charge in [-0.25, -0.2) is 0 Å². The third-order valence-electron chi connectivity index (χ3n) is 3.38. The zero-order chi connectivity index (χ0) is 12.0. The lowest BCUT2D eigenvalue weighted by Gasteiger charge is -2.21. The van der Waals surface area contributed by atoms with Crippen molar-refractivity contribution in [3.05, 3.63) is 0 Å². The topological polar surface area (TPSA) is 29.1 Å². The molecule has 0 atom stereocenters. The van der Waals surface area contributed by atoms with Crippen molar-refractivity contribution in [3.8, 4) is 0 Å². The van der Waals surface area contributed by atoms with Crippen LogP contribution in [0.25, 0.3) is 0 Å². The molecule has 1 N–H and O–H groups in total. The van der Waals surface area contributed by atoms with Crippen LogP contribution in [-0.4, -0.2) is 18.3 Å². The van der Waals surface area contributed by atoms with Gasteiger partial charge < -0.3 is 5.32 Å². The molecule has 0 bridgehead atoms. The van der Waals surface area contributed by atoms with E-state index in [4.69, 9.17) is 11.6 Å². The Balaban J connectivity index is 2.10. The van der Waals surface area contributed by atoms with Gasteiger partial charge in [0.1, 0.15) is 0 Å². The lowest BCUT2D eigenvalue weighted by Crippen LogP contribution is -2.35. The summed E-state index contributed by atoms with van der Waals surface area (Å²) in [6, 6.07) is 0. The first-order chi connectivity index (χ1) is 7.53. The van der Waals surface area contributed by atoms with Crippen molar-refractivity contribution >= 4 is 17.5 Å². The van der Waals surface area contributed by atoms with E-state index < -0.39 is 0 Å². The van der Waals surface area contributed by atoms with E-state index in [0.29, 0.717) is 18.8 Å². The van der Waals surface area contributed by atoms with E-state index in [9.17, 15) is 4.79 Å². The highest BCUT2D eigenvalue weighted by molar-refractivity contribution is 6.18. The van der Waals surface area contributed by atoms with Crippen molar-refractivity contribution in [3.63, 3.8) is 0 Å². The first-order valence-corrected chi connectivity index (χ1v) is 6.89. The predicted octanol–water partition coefficient (Wildman–Crippen LogP) is 3.34. The van der Waals surface area contributed by atoms with Crippen molar-refractivity contribution in [1.82, 2.24) is 5.32 Å². The van der Waals surface area contributed by atoms with Gasteiger partial charge in [-0.1, -0.05) is 39.5 Å². The summed E-state index contributed by atoms with van der Waals surface area (Å²) in [4.78, 5) is 11.6. The molecule has 1 saturated carbocycles. The summed E-state index contributed by atoms with van der Waals surface area (Å²) in [7, 11) is 0. The molecule has 0 aromatic heterocycles. The molecule has 0 aliphatic heterocycles. The number of rotatable bonds is 6. The lowest BCUT2D eigenvalue weighted by molar-refractivity contribution is -0.121. The molecule has 0 spiro atoms. The minimum atomic E-state index is 0.00454. The summed E-state index contributed by atoms with van der Waals surface area (Å²) in [5.74, 6) is 1.56. The van der Waals surface area contributed by atoms with Crippen LogP contribution in [0.1, 0.15) is 52.4 Å². The zero-order valence-corrected chi connectivity index (χ0v) is 11.3. The molecule has 2 nitrogen and oxygen atoms in total. The summed E-state index contributed by atoms with van der Waals surface area (Å²) >= 11 is 5.81. The largest absolute Gasteiger partial charge is 0.356 e. The van der Waals surface area contributed by atoms with Crippen LogP contribution in [0.4, 0.5) is 0 Å². The van der Waals surface area contributed by atoms with Crippen molar-refractivity contribution in [2.45, 2.75) is 52.4 Å². The van der Waals surface area contributed by atoms with E-state index in [-0.39, 0.29) is 11.3 Å². The van der Waals surface area contributed by atoms with Crippen molar-refractivity contribution in [1.29, 1.82) is 0 Å². The number of hydrogen-bond donors (Lipinski definition) is 1. The highest BCUT2D eigenvalue weighted by atomic mass is 35.5. The Kier molecular flexibility index (Phi) is 5.60. The van der Waals surface area contributed by atoms with Gasteiger partial charge in [0.25, 0.3) is 0 Å². The van der Waals surface area contributed by atoms with Crippen LogP contribution < -0.4 is 5.32 Å². The quantitative estimate of drug-likeness (QED) is 0.715. The summed E-state index contributed by atoms with van der Waals surface area (Å²) in [6.45, 7) is 4.81. The van der Waals surface area contributed by atoms with Crippen molar-refractivity contribution in [2.24, 2.45) is 11.3 Å². The number of carbonyl (C=O) groups excluding carboxylic acids is 1. The number of alkyl halides is 1. The smallest absolute Gasteiger partial charge is 0.220 e. The maximum atomic E-state index is 11.6. The van der Waals surface area contributed by atoms with Gasteiger partial charge in [0.2, 0.25) is 5.91 Å². The summed E-state index contributed by atoms with van der Waals surface area (Å²) in [5, 5.41) is 2.97. The molecule has 16 heavy (non-hydrogen) atoms. The van der Waals surface area contributed by atoms with Gasteiger partial charge in [0.05, 0.1) is 0 Å². The van der Waals surface area contributed by atoms with Crippen LogP contribution in [0.2, 0.25) is 0 Å². The SMILES string of the molecule is CC(C)(CCl)CNC(=O)CCC1CCCC1. The Hall–Kier alpha value is -0.240. The van der Waals surface area contributed by atoms with E-state index in [2.05, 4.69) is 19.2 Å². The lowest BCUT2D eigenvalue weighted by atomic mass is 9.96. The highest BCUT2D eigenvalue weighted by Crippen LogP contribution is 2.28. The molecular weight excluding hydrogens is 222 g/mol. The Morgan fingerprint density at radius 3 is 2.56 bits per heavy atom. The summed E-state index contributed by atoms with van der Waals surface area (Å²) in [5.41, 5.74) is 0.00454. The van der Waals surface area contributed by atoms with Crippen LogP contribution in [0, 0.1) is 11.3 Å². The average Bonchev–Trinajstić information content (AvgIpc) is 2.76. The van der Waals surface area contributed by atoms with Gasteiger partial charge in [-0.2, -0.15) is 0 Å². The molecule has 1 fully saturated rings. The molecule has 0 heterocycles. The van der Waals surface area contributed by atoms with E-state index in [0.717, 1.165) is 12.3 Å². The third-order valence-corrected chi connectivity index (χ3v) is 4.10. The highest BCUT2D eigenvalue weighted by Gasteiger charge is 2.19. The molecule has 0 saturated heterocycles. The monoisotopic (exact) mass is 245 g/mol. The Bertz CT molecular complexity index is 222. The molecule has 1 aliphatic rings. The summed E-state index contributed by atoms with van der Waals surface area (Å²) < 4.78 is 0. The molecule has 1 rings (SSSR count). The predicted molar refractivity (Wildman–Crippen MR) is 68.7 cm³/mol. The number of nitrogens with one attached hydrogen (secondary N) is 1. The fourth-order valence-electron chi connectivity index (χ4n) is 2.11. The Labute approximate surface area is 104 Å². The maximum absolute atomic E-state index is 11.6. The number of amides is 1. The third kappa shape index (κ3) is 5.20. The fraction of sp³-hybridized carbons (Fsp3) is 0.923. The van der Waals surface area contributed by atoms with Crippen LogP contribution in [0.15, 0.2) is 0 Å². The van der Waals surface area contributed by atoms with E-state index in [1.165, 1.54) is 25.7 Å². The molecule has 0 aromatic rings. The minimum absolute atomic E-state index is 0.00454. The molecule has 1 aliphatic carbocycles. The van der Waals surface area contributed by atoms with Crippen molar-refractivity contribution in [2.75, 3.05) is 12.4 Å². The maximum Gasteiger partial charge on any atom is 0.220 e.